The molecule has 0 N–H and O–H groups in total. The third kappa shape index (κ3) is 2.12. The molecular formula is C21H22NOSi+. The molecule has 2 heterocycles. The van der Waals surface area contributed by atoms with Gasteiger partial charge in [0.15, 0.2) is 6.20 Å². The highest BCUT2D eigenvalue weighted by atomic mass is 28.3. The molecule has 3 aromatic rings. The van der Waals surface area contributed by atoms with Gasteiger partial charge < -0.3 is 4.74 Å². The Morgan fingerprint density at radius 1 is 0.875 bits per heavy atom. The maximum Gasteiger partial charge on any atom is 0.212 e. The van der Waals surface area contributed by atoms with E-state index >= 15 is 0 Å². The summed E-state index contributed by atoms with van der Waals surface area (Å²) < 4.78 is 8.50. The number of aryl methyl sites for hydroxylation is 2. The molecule has 2 nitrogen and oxygen atoms in total. The van der Waals surface area contributed by atoms with Crippen LogP contribution in [-0.2, 0) is 7.05 Å². The van der Waals surface area contributed by atoms with Crippen molar-refractivity contribution in [3.05, 3.63) is 66.4 Å². The molecule has 0 radical (unpaired) electrons. The number of benzene rings is 2. The van der Waals surface area contributed by atoms with E-state index in [1.165, 1.54) is 27.2 Å². The van der Waals surface area contributed by atoms with Crippen molar-refractivity contribution in [1.29, 1.82) is 0 Å². The Morgan fingerprint density at radius 3 is 2.42 bits per heavy atom. The van der Waals surface area contributed by atoms with Gasteiger partial charge in [0, 0.05) is 17.3 Å². The summed E-state index contributed by atoms with van der Waals surface area (Å²) in [5.74, 6) is 2.05. The molecule has 0 aliphatic carbocycles. The molecule has 0 saturated heterocycles. The number of fused-ring (bicyclic) bond motifs is 2. The molecule has 0 atom stereocenters. The predicted octanol–water partition coefficient (Wildman–Crippen LogP) is 3.41. The second kappa shape index (κ2) is 5.31. The van der Waals surface area contributed by atoms with Crippen LogP contribution >= 0.6 is 0 Å². The zero-order valence-corrected chi connectivity index (χ0v) is 15.6. The zero-order valence-electron chi connectivity index (χ0n) is 14.6. The minimum Gasteiger partial charge on any atom is -0.458 e. The average Bonchev–Trinajstić information content (AvgIpc) is 2.56. The van der Waals surface area contributed by atoms with Crippen molar-refractivity contribution in [3.8, 4) is 22.8 Å². The zero-order chi connectivity index (χ0) is 16.9. The molecule has 24 heavy (non-hydrogen) atoms. The topological polar surface area (TPSA) is 13.1 Å². The van der Waals surface area contributed by atoms with Crippen molar-refractivity contribution >= 4 is 18.4 Å². The van der Waals surface area contributed by atoms with Gasteiger partial charge in [-0.05, 0) is 35.9 Å². The number of para-hydroxylation sites is 1. The second-order valence-electron chi connectivity index (χ2n) is 7.05. The summed E-state index contributed by atoms with van der Waals surface area (Å²) in [4.78, 5) is 0. The van der Waals surface area contributed by atoms with Gasteiger partial charge >= 0.3 is 0 Å². The lowest BCUT2D eigenvalue weighted by molar-refractivity contribution is -0.660. The van der Waals surface area contributed by atoms with E-state index in [-0.39, 0.29) is 0 Å². The summed E-state index contributed by atoms with van der Waals surface area (Å²) in [6, 6.07) is 19.2. The number of rotatable bonds is 1. The molecule has 1 aromatic heterocycles. The molecule has 0 fully saturated rings. The highest BCUT2D eigenvalue weighted by Crippen LogP contribution is 2.34. The Balaban J connectivity index is 2.06. The van der Waals surface area contributed by atoms with Gasteiger partial charge in [0.05, 0.1) is 5.56 Å². The van der Waals surface area contributed by atoms with E-state index in [1.54, 1.807) is 0 Å². The third-order valence-corrected chi connectivity index (χ3v) is 8.60. The van der Waals surface area contributed by atoms with Crippen LogP contribution in [0.2, 0.25) is 13.1 Å². The smallest absolute Gasteiger partial charge is 0.212 e. The quantitative estimate of drug-likeness (QED) is 0.492. The van der Waals surface area contributed by atoms with Crippen molar-refractivity contribution in [2.24, 2.45) is 7.05 Å². The van der Waals surface area contributed by atoms with E-state index < -0.39 is 8.07 Å². The molecule has 1 aliphatic heterocycles. The Hall–Kier alpha value is -2.39. The SMILES string of the molecule is Cc1ccc2c(c1-c1cccc[n+]1C)[Si](C)(C)c1ccccc1O2. The van der Waals surface area contributed by atoms with Gasteiger partial charge in [0.2, 0.25) is 5.69 Å². The fraction of sp³-hybridized carbons (Fsp3) is 0.190. The summed E-state index contributed by atoms with van der Waals surface area (Å²) in [5.41, 5.74) is 3.89. The first-order valence-electron chi connectivity index (χ1n) is 8.36. The summed E-state index contributed by atoms with van der Waals surface area (Å²) >= 11 is 0. The van der Waals surface area contributed by atoms with Crippen LogP contribution in [0.4, 0.5) is 0 Å². The lowest BCUT2D eigenvalue weighted by Crippen LogP contribution is -2.57. The standard InChI is InChI=1S/C21H22NOSi/c1-15-12-13-18-21(20(15)16-9-7-8-14-22(16)2)24(3,4)19-11-6-5-10-17(19)23-18/h5-14H,1-4H3/q+1. The summed E-state index contributed by atoms with van der Waals surface area (Å²) in [6.45, 7) is 7.06. The number of nitrogens with zero attached hydrogens (tertiary/aromatic N) is 1. The molecule has 0 unspecified atom stereocenters. The molecule has 1 aliphatic rings. The first-order valence-corrected chi connectivity index (χ1v) is 11.4. The van der Waals surface area contributed by atoms with Gasteiger partial charge in [-0.25, -0.2) is 4.57 Å². The van der Waals surface area contributed by atoms with Crippen molar-refractivity contribution in [2.75, 3.05) is 0 Å². The van der Waals surface area contributed by atoms with E-state index in [0.29, 0.717) is 0 Å². The summed E-state index contributed by atoms with van der Waals surface area (Å²) in [6.07, 6.45) is 2.11. The number of ether oxygens (including phenoxy) is 1. The van der Waals surface area contributed by atoms with Crippen LogP contribution in [0.1, 0.15) is 5.56 Å². The first-order chi connectivity index (χ1) is 11.5. The average molecular weight is 332 g/mol. The van der Waals surface area contributed by atoms with Gasteiger partial charge in [-0.15, -0.1) is 0 Å². The summed E-state index contributed by atoms with van der Waals surface area (Å²) in [7, 11) is 0.260. The summed E-state index contributed by atoms with van der Waals surface area (Å²) in [5, 5.41) is 2.78. The number of pyridine rings is 1. The number of hydrogen-bond donors (Lipinski definition) is 0. The van der Waals surface area contributed by atoms with Crippen molar-refractivity contribution in [3.63, 3.8) is 0 Å². The van der Waals surface area contributed by atoms with Crippen LogP contribution in [0.25, 0.3) is 11.3 Å². The predicted molar refractivity (Wildman–Crippen MR) is 101 cm³/mol. The maximum atomic E-state index is 6.30. The normalized spacial score (nSPS) is 14.5. The second-order valence-corrected chi connectivity index (χ2v) is 11.3. The molecule has 3 heteroatoms. The number of aromatic nitrogens is 1. The van der Waals surface area contributed by atoms with E-state index in [2.05, 4.69) is 92.4 Å². The molecular weight excluding hydrogens is 310 g/mol. The number of hydrogen-bond acceptors (Lipinski definition) is 1. The van der Waals surface area contributed by atoms with Gasteiger partial charge in [0.1, 0.15) is 26.6 Å². The van der Waals surface area contributed by atoms with E-state index in [4.69, 9.17) is 4.74 Å². The van der Waals surface area contributed by atoms with E-state index in [0.717, 1.165) is 11.5 Å². The maximum absolute atomic E-state index is 6.30. The largest absolute Gasteiger partial charge is 0.458 e. The van der Waals surface area contributed by atoms with Crippen LogP contribution in [-0.4, -0.2) is 8.07 Å². The van der Waals surface area contributed by atoms with Crippen molar-refractivity contribution in [1.82, 2.24) is 0 Å². The van der Waals surface area contributed by atoms with Crippen LogP contribution < -0.4 is 19.7 Å². The minimum atomic E-state index is -1.85. The fourth-order valence-corrected chi connectivity index (χ4v) is 7.06. The van der Waals surface area contributed by atoms with Crippen LogP contribution in [0.5, 0.6) is 11.5 Å². The highest BCUT2D eigenvalue weighted by Gasteiger charge is 2.40. The van der Waals surface area contributed by atoms with Crippen LogP contribution in [0, 0.1) is 6.92 Å². The third-order valence-electron chi connectivity index (χ3n) is 5.09. The lowest BCUT2D eigenvalue weighted by atomic mass is 10.0. The van der Waals surface area contributed by atoms with E-state index in [1.807, 2.05) is 0 Å². The monoisotopic (exact) mass is 332 g/mol. The fourth-order valence-electron chi connectivity index (χ4n) is 3.83. The molecule has 0 saturated carbocycles. The van der Waals surface area contributed by atoms with Crippen molar-refractivity contribution < 1.29 is 9.30 Å². The molecule has 120 valence electrons. The minimum absolute atomic E-state index is 1.02. The van der Waals surface area contributed by atoms with E-state index in [9.17, 15) is 0 Å². The molecule has 2 aromatic carbocycles. The first kappa shape index (κ1) is 15.2. The van der Waals surface area contributed by atoms with Crippen LogP contribution in [0.3, 0.4) is 0 Å². The Bertz CT molecular complexity index is 946. The van der Waals surface area contributed by atoms with Gasteiger partial charge in [0.25, 0.3) is 0 Å². The van der Waals surface area contributed by atoms with Gasteiger partial charge in [-0.2, -0.15) is 0 Å². The lowest BCUT2D eigenvalue weighted by Gasteiger charge is -2.34. The Morgan fingerprint density at radius 2 is 1.62 bits per heavy atom. The Kier molecular flexibility index (Phi) is 3.36. The van der Waals surface area contributed by atoms with Crippen molar-refractivity contribution in [2.45, 2.75) is 20.0 Å². The Labute approximate surface area is 144 Å². The molecule has 0 bridgehead atoms. The van der Waals surface area contributed by atoms with Crippen LogP contribution in [0.15, 0.2) is 60.8 Å². The van der Waals surface area contributed by atoms with Gasteiger partial charge in [-0.3, -0.25) is 0 Å². The molecule has 4 rings (SSSR count). The highest BCUT2D eigenvalue weighted by molar-refractivity contribution is 7.02. The van der Waals surface area contributed by atoms with Gasteiger partial charge in [-0.1, -0.05) is 37.4 Å². The molecule has 0 amide bonds. The molecule has 0 spiro atoms.